The van der Waals surface area contributed by atoms with Crippen LogP contribution in [0.3, 0.4) is 0 Å². The molecule has 0 fully saturated rings. The quantitative estimate of drug-likeness (QED) is 0.574. The number of pyridine rings is 1. The summed E-state index contributed by atoms with van der Waals surface area (Å²) in [6.07, 6.45) is 1.63. The number of carbonyl (C=O) groups is 1. The number of rotatable bonds is 2. The van der Waals surface area contributed by atoms with Gasteiger partial charge in [0.05, 0.1) is 11.7 Å². The summed E-state index contributed by atoms with van der Waals surface area (Å²) in [4.78, 5) is 15.0. The van der Waals surface area contributed by atoms with Gasteiger partial charge in [-0.25, -0.2) is 0 Å². The van der Waals surface area contributed by atoms with Crippen LogP contribution in [0.5, 0.6) is 0 Å². The molecule has 0 amide bonds. The van der Waals surface area contributed by atoms with Gasteiger partial charge in [-0.1, -0.05) is 30.3 Å². The number of hydrogen-bond acceptors (Lipinski definition) is 3. The number of carbonyl (C=O) groups excluding carboxylic acids is 1. The molecule has 74 valence electrons. The molecule has 0 atom stereocenters. The van der Waals surface area contributed by atoms with Crippen molar-refractivity contribution in [3.8, 4) is 11.3 Å². The zero-order chi connectivity index (χ0) is 10.7. The molecule has 1 aromatic heterocycles. The van der Waals surface area contributed by atoms with Gasteiger partial charge < -0.3 is 9.90 Å². The van der Waals surface area contributed by atoms with Gasteiger partial charge >= 0.3 is 51.4 Å². The molecule has 0 aliphatic carbocycles. The van der Waals surface area contributed by atoms with E-state index >= 15 is 0 Å². The Bertz CT molecular complexity index is 485. The third-order valence-electron chi connectivity index (χ3n) is 2.09. The monoisotopic (exact) mass is 237 g/mol. The molecule has 0 saturated carbocycles. The first-order valence-corrected chi connectivity index (χ1v) is 4.51. The van der Waals surface area contributed by atoms with Gasteiger partial charge in [0.15, 0.2) is 0 Å². The van der Waals surface area contributed by atoms with Crippen molar-refractivity contribution in [2.45, 2.75) is 0 Å². The maximum absolute atomic E-state index is 10.9. The number of aromatic carboxylic acids is 1. The van der Waals surface area contributed by atoms with Crippen molar-refractivity contribution < 1.29 is 61.3 Å². The van der Waals surface area contributed by atoms with E-state index in [-0.39, 0.29) is 56.9 Å². The predicted octanol–water partition coefficient (Wildman–Crippen LogP) is -1.88. The first kappa shape index (κ1) is 13.5. The van der Waals surface area contributed by atoms with Gasteiger partial charge in [0.25, 0.3) is 0 Å². The topological polar surface area (TPSA) is 53.0 Å². The second-order valence-corrected chi connectivity index (χ2v) is 3.05. The number of nitrogens with zero attached hydrogens (tertiary/aromatic N) is 1. The van der Waals surface area contributed by atoms with E-state index < -0.39 is 5.97 Å². The van der Waals surface area contributed by atoms with E-state index in [9.17, 15) is 9.90 Å². The van der Waals surface area contributed by atoms with E-state index in [2.05, 4.69) is 4.98 Å². The molecule has 2 aromatic rings. The summed E-state index contributed by atoms with van der Waals surface area (Å²) in [5.74, 6) is -1.18. The molecular weight excluding hydrogens is 229 g/mol. The Balaban J connectivity index is 0.00000128. The Hall–Kier alpha value is -0.524. The smallest absolute Gasteiger partial charge is 0.545 e. The molecular formula is C12H8KNO2. The van der Waals surface area contributed by atoms with Crippen molar-refractivity contribution in [3.63, 3.8) is 0 Å². The van der Waals surface area contributed by atoms with Crippen molar-refractivity contribution in [3.05, 3.63) is 54.2 Å². The molecule has 2 rings (SSSR count). The summed E-state index contributed by atoms with van der Waals surface area (Å²) in [5.41, 5.74) is 1.38. The van der Waals surface area contributed by atoms with Crippen LogP contribution in [0.1, 0.15) is 10.4 Å². The molecule has 0 bridgehead atoms. The van der Waals surface area contributed by atoms with E-state index in [4.69, 9.17) is 0 Å². The van der Waals surface area contributed by atoms with Crippen LogP contribution >= 0.6 is 0 Å². The van der Waals surface area contributed by atoms with Crippen LogP contribution < -0.4 is 56.5 Å². The summed E-state index contributed by atoms with van der Waals surface area (Å²) in [7, 11) is 0. The van der Waals surface area contributed by atoms with Gasteiger partial charge in [-0.2, -0.15) is 0 Å². The van der Waals surface area contributed by atoms with Crippen molar-refractivity contribution in [2.75, 3.05) is 0 Å². The van der Waals surface area contributed by atoms with Crippen LogP contribution in [-0.4, -0.2) is 11.0 Å². The maximum Gasteiger partial charge on any atom is 1.00 e. The van der Waals surface area contributed by atoms with E-state index in [1.165, 1.54) is 6.07 Å². The fourth-order valence-electron chi connectivity index (χ4n) is 1.41. The maximum atomic E-state index is 10.9. The molecule has 4 heteroatoms. The number of carboxylic acids is 1. The minimum absolute atomic E-state index is 0. The van der Waals surface area contributed by atoms with Gasteiger partial charge in [0, 0.05) is 17.3 Å². The Morgan fingerprint density at radius 1 is 1.06 bits per heavy atom. The fourth-order valence-corrected chi connectivity index (χ4v) is 1.41. The van der Waals surface area contributed by atoms with Crippen molar-refractivity contribution >= 4 is 5.97 Å². The summed E-state index contributed by atoms with van der Waals surface area (Å²) >= 11 is 0. The minimum atomic E-state index is -1.18. The van der Waals surface area contributed by atoms with Crippen LogP contribution in [0.4, 0.5) is 0 Å². The van der Waals surface area contributed by atoms with E-state index in [0.717, 1.165) is 0 Å². The third kappa shape index (κ3) is 2.99. The van der Waals surface area contributed by atoms with Crippen LogP contribution in [0.15, 0.2) is 48.7 Å². The van der Waals surface area contributed by atoms with E-state index in [1.807, 2.05) is 6.07 Å². The van der Waals surface area contributed by atoms with Crippen molar-refractivity contribution in [1.82, 2.24) is 4.98 Å². The molecule has 0 aliphatic rings. The molecule has 0 N–H and O–H groups in total. The van der Waals surface area contributed by atoms with Gasteiger partial charge in [-0.3, -0.25) is 4.98 Å². The van der Waals surface area contributed by atoms with Gasteiger partial charge in [0.1, 0.15) is 0 Å². The molecule has 3 nitrogen and oxygen atoms in total. The van der Waals surface area contributed by atoms with E-state index in [1.54, 1.807) is 36.5 Å². The fraction of sp³-hybridized carbons (Fsp3) is 0. The average molecular weight is 237 g/mol. The Labute approximate surface area is 136 Å². The van der Waals surface area contributed by atoms with Gasteiger partial charge in [-0.15, -0.1) is 0 Å². The minimum Gasteiger partial charge on any atom is -0.545 e. The second kappa shape index (κ2) is 6.27. The summed E-state index contributed by atoms with van der Waals surface area (Å²) in [6, 6.07) is 12.0. The normalized spacial score (nSPS) is 9.25. The number of hydrogen-bond donors (Lipinski definition) is 0. The molecule has 0 unspecified atom stereocenters. The van der Waals surface area contributed by atoms with Crippen LogP contribution in [0.25, 0.3) is 11.3 Å². The number of aromatic nitrogens is 1. The summed E-state index contributed by atoms with van der Waals surface area (Å²) in [5, 5.41) is 10.9. The van der Waals surface area contributed by atoms with Crippen LogP contribution in [0.2, 0.25) is 0 Å². The molecule has 1 heterocycles. The Morgan fingerprint density at radius 3 is 2.38 bits per heavy atom. The first-order valence-electron chi connectivity index (χ1n) is 4.51. The van der Waals surface area contributed by atoms with Crippen molar-refractivity contribution in [1.29, 1.82) is 0 Å². The second-order valence-electron chi connectivity index (χ2n) is 3.05. The third-order valence-corrected chi connectivity index (χ3v) is 2.09. The predicted molar refractivity (Wildman–Crippen MR) is 54.0 cm³/mol. The molecule has 1 aromatic carbocycles. The molecule has 0 spiro atoms. The van der Waals surface area contributed by atoms with Gasteiger partial charge in [0.2, 0.25) is 0 Å². The average Bonchev–Trinajstić information content (AvgIpc) is 2.30. The molecule has 16 heavy (non-hydrogen) atoms. The standard InChI is InChI=1S/C12H9NO2.K/c14-12(15)10-6-2-1-5-9(10)11-7-3-4-8-13-11;/h1-8H,(H,14,15);/q;+1/p-1. The molecule has 0 aliphatic heterocycles. The Kier molecular flexibility index (Phi) is 5.31. The van der Waals surface area contributed by atoms with E-state index in [0.29, 0.717) is 11.3 Å². The summed E-state index contributed by atoms with van der Waals surface area (Å²) < 4.78 is 0. The molecule has 0 saturated heterocycles. The van der Waals surface area contributed by atoms with Crippen LogP contribution in [-0.2, 0) is 0 Å². The SMILES string of the molecule is O=C([O-])c1ccccc1-c1ccccn1.[K+]. The van der Waals surface area contributed by atoms with Crippen molar-refractivity contribution in [2.24, 2.45) is 0 Å². The largest absolute Gasteiger partial charge is 1.00 e. The zero-order valence-electron chi connectivity index (χ0n) is 8.88. The summed E-state index contributed by atoms with van der Waals surface area (Å²) in [6.45, 7) is 0. The first-order chi connectivity index (χ1) is 7.29. The van der Waals surface area contributed by atoms with Gasteiger partial charge in [-0.05, 0) is 12.1 Å². The zero-order valence-corrected chi connectivity index (χ0v) is 12.0. The Morgan fingerprint density at radius 2 is 1.75 bits per heavy atom. The molecule has 0 radical (unpaired) electrons. The number of carboxylic acid groups (broad SMARTS) is 1. The van der Waals surface area contributed by atoms with Crippen LogP contribution in [0, 0.1) is 0 Å². The number of benzene rings is 1.